The standard InChI is InChI=1S/C25H24BrN5O5S/c1-15(2)27-25(32)28-18-8-4-6-16(12-18)23-29-24(36-30-23)17-7-5-9-20(13-17)37(33,34)31-19-10-11-22(35-3)21(26)14-19/h4-15,31H,1-3H3,(H2,27,28,32). The molecule has 3 N–H and O–H groups in total. The summed E-state index contributed by atoms with van der Waals surface area (Å²) in [6.45, 7) is 3.73. The molecule has 0 aliphatic carbocycles. The van der Waals surface area contributed by atoms with Crippen LogP contribution in [0.4, 0.5) is 16.2 Å². The van der Waals surface area contributed by atoms with Crippen molar-refractivity contribution in [2.75, 3.05) is 17.1 Å². The van der Waals surface area contributed by atoms with Gasteiger partial charge in [-0.25, -0.2) is 13.2 Å². The number of benzene rings is 3. The molecule has 2 amide bonds. The number of ether oxygens (including phenoxy) is 1. The number of rotatable bonds is 8. The van der Waals surface area contributed by atoms with Crippen LogP contribution in [0.1, 0.15) is 13.8 Å². The maximum absolute atomic E-state index is 13.0. The zero-order valence-corrected chi connectivity index (χ0v) is 22.6. The lowest BCUT2D eigenvalue weighted by Gasteiger charge is -2.10. The van der Waals surface area contributed by atoms with Gasteiger partial charge in [-0.15, -0.1) is 0 Å². The Morgan fingerprint density at radius 2 is 1.76 bits per heavy atom. The Kier molecular flexibility index (Phi) is 7.79. The van der Waals surface area contributed by atoms with E-state index in [2.05, 4.69) is 41.4 Å². The lowest BCUT2D eigenvalue weighted by Crippen LogP contribution is -2.34. The molecule has 0 saturated heterocycles. The highest BCUT2D eigenvalue weighted by atomic mass is 79.9. The van der Waals surface area contributed by atoms with E-state index in [1.165, 1.54) is 19.2 Å². The molecule has 1 aromatic heterocycles. The molecule has 0 spiro atoms. The molecule has 0 aliphatic rings. The number of carbonyl (C=O) groups excluding carboxylic acids is 1. The number of nitrogens with zero attached hydrogens (tertiary/aromatic N) is 2. The Balaban J connectivity index is 1.54. The van der Waals surface area contributed by atoms with Gasteiger partial charge in [-0.1, -0.05) is 23.4 Å². The Morgan fingerprint density at radius 1 is 1.00 bits per heavy atom. The van der Waals surface area contributed by atoms with Crippen LogP contribution in [0.5, 0.6) is 5.75 Å². The molecule has 1 heterocycles. The first-order valence-electron chi connectivity index (χ1n) is 11.1. The number of urea groups is 1. The SMILES string of the molecule is COc1ccc(NS(=O)(=O)c2cccc(-c3nc(-c4cccc(NC(=O)NC(C)C)c4)no3)c2)cc1Br. The second kappa shape index (κ2) is 11.0. The summed E-state index contributed by atoms with van der Waals surface area (Å²) in [5.74, 6) is 1.02. The van der Waals surface area contributed by atoms with E-state index in [0.717, 1.165) is 0 Å². The van der Waals surface area contributed by atoms with Crippen LogP contribution in [0, 0.1) is 0 Å². The van der Waals surface area contributed by atoms with Gasteiger partial charge in [-0.3, -0.25) is 4.72 Å². The van der Waals surface area contributed by atoms with Crippen LogP contribution in [-0.4, -0.2) is 37.7 Å². The molecule has 3 aromatic carbocycles. The van der Waals surface area contributed by atoms with Gasteiger partial charge in [0.1, 0.15) is 5.75 Å². The van der Waals surface area contributed by atoms with Crippen molar-refractivity contribution in [2.45, 2.75) is 24.8 Å². The van der Waals surface area contributed by atoms with E-state index < -0.39 is 10.0 Å². The fourth-order valence-electron chi connectivity index (χ4n) is 3.36. The minimum Gasteiger partial charge on any atom is -0.496 e. The van der Waals surface area contributed by atoms with E-state index >= 15 is 0 Å². The Bertz CT molecular complexity index is 1540. The van der Waals surface area contributed by atoms with Gasteiger partial charge in [-0.2, -0.15) is 4.98 Å². The van der Waals surface area contributed by atoms with Crippen LogP contribution in [-0.2, 0) is 10.0 Å². The molecule has 0 radical (unpaired) electrons. The smallest absolute Gasteiger partial charge is 0.319 e. The molecule has 0 fully saturated rings. The summed E-state index contributed by atoms with van der Waals surface area (Å²) >= 11 is 3.35. The third kappa shape index (κ3) is 6.46. The normalized spacial score (nSPS) is 11.3. The number of amides is 2. The fraction of sp³-hybridized carbons (Fsp3) is 0.160. The van der Waals surface area contributed by atoms with E-state index in [9.17, 15) is 13.2 Å². The number of nitrogens with one attached hydrogen (secondary N) is 3. The van der Waals surface area contributed by atoms with E-state index in [-0.39, 0.29) is 28.7 Å². The number of carbonyl (C=O) groups is 1. The number of aromatic nitrogens is 2. The van der Waals surface area contributed by atoms with Crippen LogP contribution in [0.15, 0.2) is 80.6 Å². The molecule has 10 nitrogen and oxygen atoms in total. The van der Waals surface area contributed by atoms with Crippen molar-refractivity contribution in [2.24, 2.45) is 0 Å². The number of anilines is 2. The van der Waals surface area contributed by atoms with Crippen molar-refractivity contribution in [1.29, 1.82) is 0 Å². The molecule has 37 heavy (non-hydrogen) atoms. The van der Waals surface area contributed by atoms with Crippen molar-refractivity contribution < 1.29 is 22.5 Å². The summed E-state index contributed by atoms with van der Waals surface area (Å²) in [4.78, 5) is 16.4. The first kappa shape index (κ1) is 26.2. The lowest BCUT2D eigenvalue weighted by atomic mass is 10.2. The van der Waals surface area contributed by atoms with Gasteiger partial charge in [0.2, 0.25) is 5.82 Å². The first-order valence-corrected chi connectivity index (χ1v) is 13.4. The highest BCUT2D eigenvalue weighted by Gasteiger charge is 2.18. The third-order valence-electron chi connectivity index (χ3n) is 5.02. The van der Waals surface area contributed by atoms with Gasteiger partial charge in [-0.05, 0) is 78.3 Å². The summed E-state index contributed by atoms with van der Waals surface area (Å²) in [6, 6.07) is 17.7. The monoisotopic (exact) mass is 585 g/mol. The van der Waals surface area contributed by atoms with E-state index in [4.69, 9.17) is 9.26 Å². The number of hydrogen-bond donors (Lipinski definition) is 3. The van der Waals surface area contributed by atoms with Crippen molar-refractivity contribution in [3.8, 4) is 28.6 Å². The molecule has 0 unspecified atom stereocenters. The van der Waals surface area contributed by atoms with Crippen LogP contribution in [0.3, 0.4) is 0 Å². The molecule has 4 rings (SSSR count). The van der Waals surface area contributed by atoms with Gasteiger partial charge in [0.15, 0.2) is 0 Å². The molecule has 12 heteroatoms. The molecule has 4 aromatic rings. The summed E-state index contributed by atoms with van der Waals surface area (Å²) in [7, 11) is -2.37. The van der Waals surface area contributed by atoms with Crippen molar-refractivity contribution in [1.82, 2.24) is 15.5 Å². The van der Waals surface area contributed by atoms with E-state index in [1.54, 1.807) is 54.6 Å². The van der Waals surface area contributed by atoms with Crippen molar-refractivity contribution in [3.05, 3.63) is 71.2 Å². The van der Waals surface area contributed by atoms with Crippen molar-refractivity contribution >= 4 is 43.4 Å². The molecule has 0 saturated carbocycles. The van der Waals surface area contributed by atoms with Crippen LogP contribution >= 0.6 is 15.9 Å². The zero-order valence-electron chi connectivity index (χ0n) is 20.2. The number of hydrogen-bond acceptors (Lipinski definition) is 7. The molecule has 0 atom stereocenters. The molecule has 0 aliphatic heterocycles. The summed E-state index contributed by atoms with van der Waals surface area (Å²) in [5.41, 5.74) is 1.98. The number of methoxy groups -OCH3 is 1. The van der Waals surface area contributed by atoms with Crippen LogP contribution in [0.25, 0.3) is 22.8 Å². The minimum absolute atomic E-state index is 0.00388. The fourth-order valence-corrected chi connectivity index (χ4v) is 5.00. The van der Waals surface area contributed by atoms with Crippen molar-refractivity contribution in [3.63, 3.8) is 0 Å². The average molecular weight is 586 g/mol. The highest BCUT2D eigenvalue weighted by Crippen LogP contribution is 2.30. The van der Waals surface area contributed by atoms with Crippen LogP contribution < -0.4 is 20.1 Å². The summed E-state index contributed by atoms with van der Waals surface area (Å²) in [5, 5.41) is 9.53. The van der Waals surface area contributed by atoms with Gasteiger partial charge in [0.05, 0.1) is 22.2 Å². The molecule has 0 bridgehead atoms. The van der Waals surface area contributed by atoms with E-state index in [0.29, 0.717) is 32.7 Å². The van der Waals surface area contributed by atoms with Gasteiger partial charge in [0, 0.05) is 22.9 Å². The predicted molar refractivity (Wildman–Crippen MR) is 144 cm³/mol. The maximum atomic E-state index is 13.0. The minimum atomic E-state index is -3.90. The topological polar surface area (TPSA) is 135 Å². The Morgan fingerprint density at radius 3 is 2.49 bits per heavy atom. The van der Waals surface area contributed by atoms with Crippen LogP contribution in [0.2, 0.25) is 0 Å². The van der Waals surface area contributed by atoms with Gasteiger partial charge in [0.25, 0.3) is 15.9 Å². The first-order chi connectivity index (χ1) is 17.6. The van der Waals surface area contributed by atoms with E-state index in [1.807, 2.05) is 13.8 Å². The third-order valence-corrected chi connectivity index (χ3v) is 7.02. The predicted octanol–water partition coefficient (Wildman–Crippen LogP) is 5.51. The quantitative estimate of drug-likeness (QED) is 0.248. The molecule has 192 valence electrons. The lowest BCUT2D eigenvalue weighted by molar-refractivity contribution is 0.250. The second-order valence-electron chi connectivity index (χ2n) is 8.24. The second-order valence-corrected chi connectivity index (χ2v) is 10.8. The maximum Gasteiger partial charge on any atom is 0.319 e. The van der Waals surface area contributed by atoms with Gasteiger partial charge >= 0.3 is 6.03 Å². The Hall–Kier alpha value is -3.90. The highest BCUT2D eigenvalue weighted by molar-refractivity contribution is 9.10. The van der Waals surface area contributed by atoms with Gasteiger partial charge < -0.3 is 19.9 Å². The Labute approximate surface area is 222 Å². The average Bonchev–Trinajstić information content (AvgIpc) is 3.34. The zero-order chi connectivity index (χ0) is 26.6. The summed E-state index contributed by atoms with van der Waals surface area (Å²) in [6.07, 6.45) is 0. The summed E-state index contributed by atoms with van der Waals surface area (Å²) < 4.78 is 39.8. The molecular formula is C25H24BrN5O5S. The number of halogens is 1. The molecular weight excluding hydrogens is 562 g/mol. The number of sulfonamides is 1. The largest absolute Gasteiger partial charge is 0.496 e.